The zero-order chi connectivity index (χ0) is 15.1. The minimum Gasteiger partial charge on any atom is -0.341 e. The van der Waals surface area contributed by atoms with E-state index in [1.807, 2.05) is 13.1 Å². The van der Waals surface area contributed by atoms with Gasteiger partial charge in [-0.2, -0.15) is 0 Å². The quantitative estimate of drug-likeness (QED) is 0.832. The summed E-state index contributed by atoms with van der Waals surface area (Å²) in [6.45, 7) is 7.66. The van der Waals surface area contributed by atoms with Crippen molar-refractivity contribution in [2.24, 2.45) is 17.6 Å². The third-order valence-electron chi connectivity index (χ3n) is 3.53. The molecule has 1 aromatic rings. The summed E-state index contributed by atoms with van der Waals surface area (Å²) in [6, 6.07) is 8.28. The van der Waals surface area contributed by atoms with Gasteiger partial charge in [0.05, 0.1) is 0 Å². The molecule has 3 nitrogen and oxygen atoms in total. The van der Waals surface area contributed by atoms with E-state index in [9.17, 15) is 4.79 Å². The Labute approximate surface area is 123 Å². The average molecular weight is 276 g/mol. The van der Waals surface area contributed by atoms with Gasteiger partial charge in [0, 0.05) is 20.0 Å². The molecule has 0 bridgehead atoms. The van der Waals surface area contributed by atoms with Gasteiger partial charge in [-0.05, 0) is 37.3 Å². The monoisotopic (exact) mass is 276 g/mol. The first-order valence-corrected chi connectivity index (χ1v) is 7.42. The van der Waals surface area contributed by atoms with Gasteiger partial charge in [0.1, 0.15) is 0 Å². The number of amides is 1. The highest BCUT2D eigenvalue weighted by Crippen LogP contribution is 2.16. The first kappa shape index (κ1) is 16.7. The lowest BCUT2D eigenvalue weighted by Gasteiger charge is -2.22. The molecule has 20 heavy (non-hydrogen) atoms. The predicted molar refractivity (Wildman–Crippen MR) is 84.3 cm³/mol. The standard InChI is InChI=1S/C17H28N2O/c1-13(2)8-16(11-18)10-17(20)19(4)12-15-7-5-6-14(3)9-15/h5-7,9,13,16H,8,10-12,18H2,1-4H3/t16-/m0/s1. The van der Waals surface area contributed by atoms with E-state index in [4.69, 9.17) is 5.73 Å². The third kappa shape index (κ3) is 5.74. The van der Waals surface area contributed by atoms with Crippen LogP contribution in [-0.2, 0) is 11.3 Å². The number of nitrogens with two attached hydrogens (primary N) is 1. The van der Waals surface area contributed by atoms with E-state index in [-0.39, 0.29) is 5.91 Å². The second kappa shape index (κ2) is 8.05. The Hall–Kier alpha value is -1.35. The summed E-state index contributed by atoms with van der Waals surface area (Å²) < 4.78 is 0. The van der Waals surface area contributed by atoms with Crippen LogP contribution in [0.25, 0.3) is 0 Å². The first-order valence-electron chi connectivity index (χ1n) is 7.42. The van der Waals surface area contributed by atoms with Gasteiger partial charge in [-0.25, -0.2) is 0 Å². The molecule has 1 aromatic carbocycles. The number of rotatable bonds is 7. The molecule has 1 atom stereocenters. The minimum absolute atomic E-state index is 0.183. The van der Waals surface area contributed by atoms with E-state index >= 15 is 0 Å². The number of nitrogens with zero attached hydrogens (tertiary/aromatic N) is 1. The number of benzene rings is 1. The van der Waals surface area contributed by atoms with Crippen LogP contribution in [0.2, 0.25) is 0 Å². The van der Waals surface area contributed by atoms with Gasteiger partial charge in [0.15, 0.2) is 0 Å². The van der Waals surface area contributed by atoms with Gasteiger partial charge in [-0.3, -0.25) is 4.79 Å². The fraction of sp³-hybridized carbons (Fsp3) is 0.588. The zero-order valence-corrected chi connectivity index (χ0v) is 13.2. The average Bonchev–Trinajstić information content (AvgIpc) is 2.37. The highest BCUT2D eigenvalue weighted by Gasteiger charge is 2.17. The summed E-state index contributed by atoms with van der Waals surface area (Å²) in [5, 5.41) is 0. The van der Waals surface area contributed by atoms with E-state index in [0.29, 0.717) is 31.3 Å². The summed E-state index contributed by atoms with van der Waals surface area (Å²) in [5.41, 5.74) is 8.17. The molecule has 1 amide bonds. The molecule has 0 spiro atoms. The fourth-order valence-electron chi connectivity index (χ4n) is 2.50. The molecule has 3 heteroatoms. The Balaban J connectivity index is 2.54. The molecular weight excluding hydrogens is 248 g/mol. The molecule has 1 rings (SSSR count). The van der Waals surface area contributed by atoms with E-state index in [2.05, 4.69) is 39.0 Å². The third-order valence-corrected chi connectivity index (χ3v) is 3.53. The van der Waals surface area contributed by atoms with Crippen LogP contribution in [0.5, 0.6) is 0 Å². The van der Waals surface area contributed by atoms with Crippen molar-refractivity contribution >= 4 is 5.91 Å². The molecule has 0 saturated heterocycles. The number of carbonyl (C=O) groups excluding carboxylic acids is 1. The number of carbonyl (C=O) groups is 1. The Kier molecular flexibility index (Phi) is 6.73. The maximum atomic E-state index is 12.3. The second-order valence-corrected chi connectivity index (χ2v) is 6.17. The van der Waals surface area contributed by atoms with E-state index in [0.717, 1.165) is 6.42 Å². The predicted octanol–water partition coefficient (Wildman–Crippen LogP) is 2.96. The van der Waals surface area contributed by atoms with E-state index in [1.165, 1.54) is 11.1 Å². The maximum absolute atomic E-state index is 12.3. The van der Waals surface area contributed by atoms with Crippen LogP contribution < -0.4 is 5.73 Å². The smallest absolute Gasteiger partial charge is 0.222 e. The van der Waals surface area contributed by atoms with Crippen LogP contribution in [0, 0.1) is 18.8 Å². The summed E-state index contributed by atoms with van der Waals surface area (Å²) in [6.07, 6.45) is 1.57. The van der Waals surface area contributed by atoms with Crippen molar-refractivity contribution in [3.8, 4) is 0 Å². The van der Waals surface area contributed by atoms with Crippen molar-refractivity contribution in [2.45, 2.75) is 40.2 Å². The van der Waals surface area contributed by atoms with Gasteiger partial charge in [-0.15, -0.1) is 0 Å². The molecule has 0 radical (unpaired) electrons. The molecule has 112 valence electrons. The van der Waals surface area contributed by atoms with E-state index in [1.54, 1.807) is 4.90 Å². The van der Waals surface area contributed by atoms with Gasteiger partial charge in [0.25, 0.3) is 0 Å². The van der Waals surface area contributed by atoms with Gasteiger partial charge < -0.3 is 10.6 Å². The Morgan fingerprint density at radius 2 is 2.05 bits per heavy atom. The van der Waals surface area contributed by atoms with Crippen LogP contribution in [0.4, 0.5) is 0 Å². The Morgan fingerprint density at radius 1 is 1.35 bits per heavy atom. The van der Waals surface area contributed by atoms with Crippen LogP contribution in [-0.4, -0.2) is 24.4 Å². The zero-order valence-electron chi connectivity index (χ0n) is 13.2. The number of hydrogen-bond acceptors (Lipinski definition) is 2. The molecule has 0 aliphatic heterocycles. The lowest BCUT2D eigenvalue weighted by Crippen LogP contribution is -2.30. The SMILES string of the molecule is Cc1cccc(CN(C)C(=O)C[C@@H](CN)CC(C)C)c1. The topological polar surface area (TPSA) is 46.3 Å². The van der Waals surface area contributed by atoms with Crippen LogP contribution in [0.15, 0.2) is 24.3 Å². The van der Waals surface area contributed by atoms with Crippen LogP contribution in [0.1, 0.15) is 37.8 Å². The lowest BCUT2D eigenvalue weighted by molar-refractivity contribution is -0.131. The van der Waals surface area contributed by atoms with Crippen molar-refractivity contribution < 1.29 is 4.79 Å². The molecule has 0 unspecified atom stereocenters. The van der Waals surface area contributed by atoms with Gasteiger partial charge in [0.2, 0.25) is 5.91 Å². The molecule has 0 heterocycles. The Bertz CT molecular complexity index is 429. The maximum Gasteiger partial charge on any atom is 0.222 e. The highest BCUT2D eigenvalue weighted by molar-refractivity contribution is 5.76. The summed E-state index contributed by atoms with van der Waals surface area (Å²) in [4.78, 5) is 14.1. The van der Waals surface area contributed by atoms with Crippen LogP contribution in [0.3, 0.4) is 0 Å². The van der Waals surface area contributed by atoms with Crippen molar-refractivity contribution in [3.05, 3.63) is 35.4 Å². The van der Waals surface area contributed by atoms with Gasteiger partial charge in [-0.1, -0.05) is 43.7 Å². The van der Waals surface area contributed by atoms with Crippen molar-refractivity contribution in [2.75, 3.05) is 13.6 Å². The van der Waals surface area contributed by atoms with Crippen molar-refractivity contribution in [1.82, 2.24) is 4.90 Å². The number of aryl methyl sites for hydroxylation is 1. The minimum atomic E-state index is 0.183. The fourth-order valence-corrected chi connectivity index (χ4v) is 2.50. The largest absolute Gasteiger partial charge is 0.341 e. The molecule has 0 aromatic heterocycles. The molecular formula is C17H28N2O. The normalized spacial score (nSPS) is 12.5. The number of hydrogen-bond donors (Lipinski definition) is 1. The Morgan fingerprint density at radius 3 is 2.60 bits per heavy atom. The molecule has 2 N–H and O–H groups in total. The molecule has 0 aliphatic rings. The highest BCUT2D eigenvalue weighted by atomic mass is 16.2. The summed E-state index contributed by atoms with van der Waals surface area (Å²) >= 11 is 0. The summed E-state index contributed by atoms with van der Waals surface area (Å²) in [7, 11) is 1.87. The lowest BCUT2D eigenvalue weighted by atomic mass is 9.94. The molecule has 0 saturated carbocycles. The van der Waals surface area contributed by atoms with Crippen molar-refractivity contribution in [3.63, 3.8) is 0 Å². The van der Waals surface area contributed by atoms with Gasteiger partial charge >= 0.3 is 0 Å². The first-order chi connectivity index (χ1) is 9.42. The molecule has 0 aliphatic carbocycles. The van der Waals surface area contributed by atoms with Crippen LogP contribution >= 0.6 is 0 Å². The summed E-state index contributed by atoms with van der Waals surface area (Å²) in [5.74, 6) is 1.06. The molecule has 0 fully saturated rings. The van der Waals surface area contributed by atoms with E-state index < -0.39 is 0 Å². The second-order valence-electron chi connectivity index (χ2n) is 6.17. The van der Waals surface area contributed by atoms with Crippen molar-refractivity contribution in [1.29, 1.82) is 0 Å².